The van der Waals surface area contributed by atoms with Crippen molar-refractivity contribution in [3.8, 4) is 0 Å². The first kappa shape index (κ1) is 11.5. The van der Waals surface area contributed by atoms with Crippen LogP contribution in [0.4, 0.5) is 0 Å². The molecule has 0 fully saturated rings. The number of rotatable bonds is 5. The fourth-order valence-electron chi connectivity index (χ4n) is 1.32. The first-order chi connectivity index (χ1) is 5.79. The van der Waals surface area contributed by atoms with Crippen LogP contribution in [-0.2, 0) is 0 Å². The van der Waals surface area contributed by atoms with Crippen molar-refractivity contribution < 1.29 is 0 Å². The molecule has 0 heterocycles. The molecule has 0 aliphatic heterocycles. The smallest absolute Gasteiger partial charge is 0.0302 e. The molecule has 0 aliphatic rings. The fraction of sp³-hybridized carbons (Fsp3) is 0.667. The highest BCUT2D eigenvalue weighted by Crippen LogP contribution is 2.17. The fourth-order valence-corrected chi connectivity index (χ4v) is 1.32. The van der Waals surface area contributed by atoms with Gasteiger partial charge >= 0.3 is 0 Å². The minimum Gasteiger partial charge on any atom is -0.0613 e. The summed E-state index contributed by atoms with van der Waals surface area (Å²) in [5, 5.41) is 0. The van der Waals surface area contributed by atoms with E-state index in [9.17, 15) is 0 Å². The van der Waals surface area contributed by atoms with E-state index in [0.29, 0.717) is 0 Å². The quantitative estimate of drug-likeness (QED) is 0.537. The zero-order chi connectivity index (χ0) is 9.40. The Balaban J connectivity index is 4.44. The van der Waals surface area contributed by atoms with Gasteiger partial charge in [-0.25, -0.2) is 0 Å². The van der Waals surface area contributed by atoms with Crippen LogP contribution in [0.3, 0.4) is 0 Å². The lowest BCUT2D eigenvalue weighted by atomic mass is 9.99. The Bertz CT molecular complexity index is 141. The lowest BCUT2D eigenvalue weighted by Gasteiger charge is -2.06. The van der Waals surface area contributed by atoms with Crippen LogP contribution in [0.5, 0.6) is 0 Å². The number of hydrogen-bond donors (Lipinski definition) is 0. The van der Waals surface area contributed by atoms with Gasteiger partial charge < -0.3 is 0 Å². The highest BCUT2D eigenvalue weighted by molar-refractivity contribution is 5.25. The summed E-state index contributed by atoms with van der Waals surface area (Å²) < 4.78 is 0. The van der Waals surface area contributed by atoms with Crippen molar-refractivity contribution >= 4 is 0 Å². The number of hydrogen-bond acceptors (Lipinski definition) is 0. The van der Waals surface area contributed by atoms with Crippen molar-refractivity contribution in [1.82, 2.24) is 0 Å². The molecule has 2 radical (unpaired) electrons. The molecule has 0 spiro atoms. The van der Waals surface area contributed by atoms with E-state index in [-0.39, 0.29) is 0 Å². The average molecular weight is 164 g/mol. The monoisotopic (exact) mass is 164 g/mol. The van der Waals surface area contributed by atoms with Gasteiger partial charge in [0.15, 0.2) is 0 Å². The van der Waals surface area contributed by atoms with Gasteiger partial charge in [0.05, 0.1) is 0 Å². The van der Waals surface area contributed by atoms with Gasteiger partial charge in [-0.15, -0.1) is 0 Å². The molecule has 0 aromatic heterocycles. The van der Waals surface area contributed by atoms with E-state index in [1.54, 1.807) is 0 Å². The zero-order valence-electron chi connectivity index (χ0n) is 8.83. The third kappa shape index (κ3) is 3.75. The van der Waals surface area contributed by atoms with Gasteiger partial charge in [-0.05, 0) is 49.0 Å². The molecule has 0 unspecified atom stereocenters. The zero-order valence-corrected chi connectivity index (χ0v) is 8.83. The molecule has 0 aromatic carbocycles. The predicted molar refractivity (Wildman–Crippen MR) is 54.7 cm³/mol. The molecule has 0 heteroatoms. The minimum atomic E-state index is 1.01. The highest BCUT2D eigenvalue weighted by atomic mass is 14.0. The third-order valence-corrected chi connectivity index (χ3v) is 1.85. The summed E-state index contributed by atoms with van der Waals surface area (Å²) in [6.45, 7) is 8.64. The molecule has 0 aromatic rings. The Kier molecular flexibility index (Phi) is 6.84. The van der Waals surface area contributed by atoms with E-state index in [1.165, 1.54) is 11.1 Å². The van der Waals surface area contributed by atoms with Gasteiger partial charge in [0.1, 0.15) is 0 Å². The topological polar surface area (TPSA) is 0 Å². The first-order valence-electron chi connectivity index (χ1n) is 4.99. The Morgan fingerprint density at radius 3 is 1.25 bits per heavy atom. The van der Waals surface area contributed by atoms with Gasteiger partial charge in [-0.2, -0.15) is 0 Å². The van der Waals surface area contributed by atoms with Crippen molar-refractivity contribution in [1.29, 1.82) is 0 Å². The van der Waals surface area contributed by atoms with Gasteiger partial charge in [-0.3, -0.25) is 0 Å². The molecule has 0 saturated heterocycles. The van der Waals surface area contributed by atoms with Crippen LogP contribution in [0.25, 0.3) is 0 Å². The van der Waals surface area contributed by atoms with Crippen LogP contribution in [0.15, 0.2) is 11.1 Å². The summed E-state index contributed by atoms with van der Waals surface area (Å²) in [7, 11) is 0. The molecule has 0 aliphatic carbocycles. The molecular formula is C12H20. The molecule has 0 nitrogen and oxygen atoms in total. The van der Waals surface area contributed by atoms with Gasteiger partial charge in [0.2, 0.25) is 0 Å². The Morgan fingerprint density at radius 2 is 1.08 bits per heavy atom. The lowest BCUT2D eigenvalue weighted by Crippen LogP contribution is -1.88. The molecule has 0 bridgehead atoms. The van der Waals surface area contributed by atoms with Gasteiger partial charge in [0.25, 0.3) is 0 Å². The van der Waals surface area contributed by atoms with Crippen LogP contribution in [0.2, 0.25) is 0 Å². The summed E-state index contributed by atoms with van der Waals surface area (Å²) in [6, 6.07) is 0. The normalized spacial score (nSPS) is 13.7. The second kappa shape index (κ2) is 7.15. The van der Waals surface area contributed by atoms with E-state index in [4.69, 9.17) is 0 Å². The van der Waals surface area contributed by atoms with E-state index in [0.717, 1.165) is 25.7 Å². The Hall–Kier alpha value is -0.520. The summed E-state index contributed by atoms with van der Waals surface area (Å²) in [4.78, 5) is 0. The molecule has 0 atom stereocenters. The van der Waals surface area contributed by atoms with E-state index >= 15 is 0 Å². The largest absolute Gasteiger partial charge is 0.0613 e. The van der Waals surface area contributed by atoms with Crippen LogP contribution < -0.4 is 0 Å². The van der Waals surface area contributed by atoms with Gasteiger partial charge in [0, 0.05) is 0 Å². The Labute approximate surface area is 77.4 Å². The second-order valence-electron chi connectivity index (χ2n) is 2.72. The van der Waals surface area contributed by atoms with Crippen molar-refractivity contribution in [3.63, 3.8) is 0 Å². The standard InChI is InChI=1S/C12H20/c1-5-9-11(7-3)12(8-4)10-6-2/h5-8H2,1-4H3. The molecule has 0 N–H and O–H groups in total. The molecular weight excluding hydrogens is 144 g/mol. The number of allylic oxidation sites excluding steroid dienone is 4. The second-order valence-corrected chi connectivity index (χ2v) is 2.72. The van der Waals surface area contributed by atoms with Crippen LogP contribution in [-0.4, -0.2) is 0 Å². The third-order valence-electron chi connectivity index (χ3n) is 1.85. The van der Waals surface area contributed by atoms with Crippen LogP contribution in [0, 0.1) is 12.2 Å². The predicted octanol–water partition coefficient (Wildman–Crippen LogP) is 4.09. The molecule has 0 amide bonds. The highest BCUT2D eigenvalue weighted by Gasteiger charge is 1.99. The molecule has 68 valence electrons. The van der Waals surface area contributed by atoms with Crippen molar-refractivity contribution in [2.75, 3.05) is 0 Å². The summed E-state index contributed by atoms with van der Waals surface area (Å²) >= 11 is 0. The molecule has 12 heavy (non-hydrogen) atoms. The van der Waals surface area contributed by atoms with E-state index in [2.05, 4.69) is 39.8 Å². The molecule has 0 saturated carbocycles. The first-order valence-corrected chi connectivity index (χ1v) is 4.99. The maximum Gasteiger partial charge on any atom is -0.0302 e. The van der Waals surface area contributed by atoms with Crippen LogP contribution >= 0.6 is 0 Å². The average Bonchev–Trinajstić information content (AvgIpc) is 2.11. The maximum atomic E-state index is 3.39. The summed E-state index contributed by atoms with van der Waals surface area (Å²) in [5.41, 5.74) is 2.73. The van der Waals surface area contributed by atoms with E-state index in [1.807, 2.05) is 0 Å². The van der Waals surface area contributed by atoms with Gasteiger partial charge in [-0.1, -0.05) is 27.7 Å². The van der Waals surface area contributed by atoms with Crippen LogP contribution in [0.1, 0.15) is 53.4 Å². The van der Waals surface area contributed by atoms with Crippen molar-refractivity contribution in [3.05, 3.63) is 23.3 Å². The minimum absolute atomic E-state index is 1.01. The summed E-state index contributed by atoms with van der Waals surface area (Å²) in [5.74, 6) is 0. The maximum absolute atomic E-state index is 3.39. The van der Waals surface area contributed by atoms with Crippen molar-refractivity contribution in [2.45, 2.75) is 53.4 Å². The van der Waals surface area contributed by atoms with Crippen molar-refractivity contribution in [2.24, 2.45) is 0 Å². The van der Waals surface area contributed by atoms with E-state index < -0.39 is 0 Å². The lowest BCUT2D eigenvalue weighted by molar-refractivity contribution is 0.963. The SMILES string of the molecule is CC[C]=C(CC)C(=[C]CC)CC. The molecule has 0 rings (SSSR count). The summed E-state index contributed by atoms with van der Waals surface area (Å²) in [6.07, 6.45) is 11.0. The Morgan fingerprint density at radius 1 is 0.750 bits per heavy atom.